The maximum absolute atomic E-state index is 11.2. The summed E-state index contributed by atoms with van der Waals surface area (Å²) in [6, 6.07) is 16.7. The number of phenols is 5. The van der Waals surface area contributed by atoms with Gasteiger partial charge in [-0.2, -0.15) is 0 Å². The van der Waals surface area contributed by atoms with Crippen molar-refractivity contribution < 1.29 is 30.3 Å². The monoisotopic (exact) mass is 597 g/mol. The summed E-state index contributed by atoms with van der Waals surface area (Å²) in [6.07, 6.45) is 11.2. The zero-order valence-electron chi connectivity index (χ0n) is 25.4. The molecule has 1 aliphatic rings. The first-order valence-electron chi connectivity index (χ1n) is 15.7. The van der Waals surface area contributed by atoms with E-state index in [0.717, 1.165) is 57.4 Å². The molecule has 44 heavy (non-hydrogen) atoms. The molecule has 1 heterocycles. The van der Waals surface area contributed by atoms with Gasteiger partial charge in [0.05, 0.1) is 5.39 Å². The van der Waals surface area contributed by atoms with E-state index in [1.165, 1.54) is 35.7 Å². The number of ether oxygens (including phenoxy) is 1. The maximum atomic E-state index is 11.2. The number of aryl methyl sites for hydroxylation is 2. The Bertz CT molecular complexity index is 1620. The van der Waals surface area contributed by atoms with Crippen LogP contribution in [-0.2, 0) is 30.5 Å². The minimum Gasteiger partial charge on any atom is -0.507 e. The molecule has 0 aromatic heterocycles. The molecule has 0 saturated carbocycles. The summed E-state index contributed by atoms with van der Waals surface area (Å²) < 4.78 is 5.51. The topological polar surface area (TPSA) is 122 Å². The predicted molar refractivity (Wildman–Crippen MR) is 175 cm³/mol. The third kappa shape index (κ3) is 7.29. The fourth-order valence-electron chi connectivity index (χ4n) is 6.06. The van der Waals surface area contributed by atoms with Gasteiger partial charge in [-0.1, -0.05) is 68.3 Å². The third-order valence-corrected chi connectivity index (χ3v) is 8.63. The van der Waals surface area contributed by atoms with Crippen LogP contribution in [0.5, 0.6) is 28.7 Å². The fourth-order valence-corrected chi connectivity index (χ4v) is 6.06. The summed E-state index contributed by atoms with van der Waals surface area (Å²) in [5.41, 5.74) is 5.70. The molecular formula is C37H43NO6. The molecule has 7 heteroatoms. The van der Waals surface area contributed by atoms with Gasteiger partial charge in [-0.25, -0.2) is 0 Å². The number of rotatable bonds is 12. The van der Waals surface area contributed by atoms with Crippen LogP contribution in [0.25, 0.3) is 22.9 Å². The molecule has 0 spiro atoms. The van der Waals surface area contributed by atoms with Crippen LogP contribution in [0.3, 0.4) is 0 Å². The van der Waals surface area contributed by atoms with Crippen LogP contribution >= 0.6 is 0 Å². The van der Waals surface area contributed by atoms with Crippen LogP contribution in [-0.4, -0.2) is 44.8 Å². The fraction of sp³-hybridized carbons (Fsp3) is 0.351. The number of fused-ring (bicyclic) bond motifs is 1. The molecule has 0 atom stereocenters. The molecule has 4 aromatic rings. The van der Waals surface area contributed by atoms with Crippen LogP contribution in [0, 0.1) is 0 Å². The highest BCUT2D eigenvalue weighted by molar-refractivity contribution is 6.03. The second-order valence-corrected chi connectivity index (χ2v) is 11.7. The highest BCUT2D eigenvalue weighted by atomic mass is 16.5. The number of nitrogens with one attached hydrogen (secondary N) is 1. The normalized spacial score (nSPS) is 14.1. The maximum Gasteiger partial charge on any atom is 0.169 e. The molecule has 0 radical (unpaired) electrons. The molecule has 1 fully saturated rings. The van der Waals surface area contributed by atoms with Crippen molar-refractivity contribution in [2.75, 3.05) is 13.2 Å². The van der Waals surface area contributed by atoms with Crippen molar-refractivity contribution in [2.45, 2.75) is 70.9 Å². The van der Waals surface area contributed by atoms with Crippen molar-refractivity contribution in [3.05, 3.63) is 88.0 Å². The average Bonchev–Trinajstić information content (AvgIpc) is 3.03. The van der Waals surface area contributed by atoms with Gasteiger partial charge in [-0.3, -0.25) is 0 Å². The lowest BCUT2D eigenvalue weighted by Crippen LogP contribution is -2.34. The van der Waals surface area contributed by atoms with Crippen molar-refractivity contribution in [2.24, 2.45) is 0 Å². The standard InChI is InChI=1S/C37H43NO6/c1-2-3-4-6-26-21-24(9-13-27(26)23-38-28-17-19-44-20-18-28)11-15-31-29(14-10-25-12-16-32(39)34(41)22-25)30-7-5-8-33(40)35(30)37(43)36(31)42/h5,7-10,12-14,16,21-22,28,38-43H,2-4,6,11,15,17-20,23H2,1H3. The van der Waals surface area contributed by atoms with E-state index in [1.807, 2.05) is 6.08 Å². The van der Waals surface area contributed by atoms with Gasteiger partial charge in [0.1, 0.15) is 5.75 Å². The van der Waals surface area contributed by atoms with Gasteiger partial charge in [0.2, 0.25) is 0 Å². The second-order valence-electron chi connectivity index (χ2n) is 11.7. The summed E-state index contributed by atoms with van der Waals surface area (Å²) in [5.74, 6) is -1.17. The first-order valence-corrected chi connectivity index (χ1v) is 15.7. The Morgan fingerprint density at radius 1 is 0.773 bits per heavy atom. The molecule has 0 unspecified atom stereocenters. The first kappa shape index (κ1) is 31.2. The minimum atomic E-state index is -0.345. The highest BCUT2D eigenvalue weighted by Gasteiger charge is 2.20. The molecule has 232 valence electrons. The van der Waals surface area contributed by atoms with Gasteiger partial charge in [-0.15, -0.1) is 0 Å². The summed E-state index contributed by atoms with van der Waals surface area (Å²) >= 11 is 0. The van der Waals surface area contributed by atoms with E-state index < -0.39 is 0 Å². The third-order valence-electron chi connectivity index (χ3n) is 8.63. The molecule has 7 nitrogen and oxygen atoms in total. The van der Waals surface area contributed by atoms with E-state index in [1.54, 1.807) is 24.3 Å². The van der Waals surface area contributed by atoms with Crippen LogP contribution in [0.1, 0.15) is 72.4 Å². The molecule has 5 rings (SSSR count). The summed E-state index contributed by atoms with van der Waals surface area (Å²) in [7, 11) is 0. The number of phenolic OH excluding ortho intramolecular Hbond substituents is 5. The average molecular weight is 598 g/mol. The molecular weight excluding hydrogens is 554 g/mol. The quantitative estimate of drug-likeness (QED) is 0.0575. The summed E-state index contributed by atoms with van der Waals surface area (Å²) in [4.78, 5) is 0. The van der Waals surface area contributed by atoms with Gasteiger partial charge < -0.3 is 35.6 Å². The van der Waals surface area contributed by atoms with Gasteiger partial charge >= 0.3 is 0 Å². The summed E-state index contributed by atoms with van der Waals surface area (Å²) in [6.45, 7) is 4.67. The number of hydrogen-bond acceptors (Lipinski definition) is 7. The Hall–Kier alpha value is -4.20. The lowest BCUT2D eigenvalue weighted by atomic mass is 9.90. The second kappa shape index (κ2) is 14.5. The van der Waals surface area contributed by atoms with E-state index in [0.29, 0.717) is 41.0 Å². The molecule has 0 amide bonds. The van der Waals surface area contributed by atoms with E-state index in [-0.39, 0.29) is 34.1 Å². The Kier molecular flexibility index (Phi) is 10.3. The van der Waals surface area contributed by atoms with E-state index in [4.69, 9.17) is 4.74 Å². The zero-order chi connectivity index (χ0) is 31.1. The predicted octanol–water partition coefficient (Wildman–Crippen LogP) is 7.32. The van der Waals surface area contributed by atoms with Gasteiger partial charge in [0.25, 0.3) is 0 Å². The van der Waals surface area contributed by atoms with Crippen molar-refractivity contribution in [3.63, 3.8) is 0 Å². The number of hydrogen-bond donors (Lipinski definition) is 6. The molecule has 6 N–H and O–H groups in total. The van der Waals surface area contributed by atoms with E-state index in [2.05, 4.69) is 30.4 Å². The summed E-state index contributed by atoms with van der Waals surface area (Å²) in [5, 5.41) is 56.9. The Morgan fingerprint density at radius 2 is 1.59 bits per heavy atom. The minimum absolute atomic E-state index is 0.125. The molecule has 0 bridgehead atoms. The van der Waals surface area contributed by atoms with E-state index in [9.17, 15) is 25.5 Å². The van der Waals surface area contributed by atoms with Crippen molar-refractivity contribution in [3.8, 4) is 28.7 Å². The molecule has 0 aliphatic carbocycles. The van der Waals surface area contributed by atoms with Gasteiger partial charge in [-0.05, 0) is 89.9 Å². The number of aromatic hydroxyl groups is 5. The first-order chi connectivity index (χ1) is 21.4. The van der Waals surface area contributed by atoms with Crippen LogP contribution < -0.4 is 5.32 Å². The highest BCUT2D eigenvalue weighted by Crippen LogP contribution is 2.45. The smallest absolute Gasteiger partial charge is 0.169 e. The van der Waals surface area contributed by atoms with E-state index >= 15 is 0 Å². The van der Waals surface area contributed by atoms with Gasteiger partial charge in [0, 0.05) is 31.4 Å². The van der Waals surface area contributed by atoms with Crippen LogP contribution in [0.4, 0.5) is 0 Å². The molecule has 1 aliphatic heterocycles. The number of benzene rings is 4. The molecule has 4 aromatic carbocycles. The zero-order valence-corrected chi connectivity index (χ0v) is 25.4. The lowest BCUT2D eigenvalue weighted by molar-refractivity contribution is 0.0776. The van der Waals surface area contributed by atoms with Crippen LogP contribution in [0.15, 0.2) is 54.6 Å². The van der Waals surface area contributed by atoms with Crippen molar-refractivity contribution >= 4 is 22.9 Å². The Morgan fingerprint density at radius 3 is 2.36 bits per heavy atom. The lowest BCUT2D eigenvalue weighted by Gasteiger charge is -2.24. The van der Waals surface area contributed by atoms with Crippen LogP contribution in [0.2, 0.25) is 0 Å². The Labute approximate surface area is 259 Å². The number of unbranched alkanes of at least 4 members (excludes halogenated alkanes) is 2. The van der Waals surface area contributed by atoms with Crippen molar-refractivity contribution in [1.82, 2.24) is 5.32 Å². The SMILES string of the molecule is CCCCCc1cc(CCc2c(O)c(O)c3c(O)cccc3c2C=Cc2ccc(O)c(O)c2)ccc1CNC1CCOCC1. The molecule has 1 saturated heterocycles. The van der Waals surface area contributed by atoms with Gasteiger partial charge in [0.15, 0.2) is 23.0 Å². The van der Waals surface area contributed by atoms with Crippen molar-refractivity contribution in [1.29, 1.82) is 0 Å². The Balaban J connectivity index is 1.45. The largest absolute Gasteiger partial charge is 0.507 e.